The zero-order chi connectivity index (χ0) is 9.84. The Hall–Kier alpha value is -0.670. The van der Waals surface area contributed by atoms with E-state index in [2.05, 4.69) is 0 Å². The molecule has 0 aliphatic heterocycles. The van der Waals surface area contributed by atoms with E-state index in [0.717, 1.165) is 0 Å². The number of rotatable bonds is 2. The normalized spacial score (nSPS) is 34.2. The Kier molecular flexibility index (Phi) is 3.63. The molecule has 0 heterocycles. The second kappa shape index (κ2) is 4.53. The first-order valence-electron chi connectivity index (χ1n) is 4.60. The van der Waals surface area contributed by atoms with Gasteiger partial charge in [-0.15, -0.1) is 0 Å². The van der Waals surface area contributed by atoms with Gasteiger partial charge in [0, 0.05) is 0 Å². The van der Waals surface area contributed by atoms with E-state index in [1.165, 1.54) is 0 Å². The van der Waals surface area contributed by atoms with Crippen molar-refractivity contribution >= 4 is 5.97 Å². The number of ether oxygens (including phenoxy) is 1. The summed E-state index contributed by atoms with van der Waals surface area (Å²) in [7, 11) is 0. The molecule has 76 valence electrons. The summed E-state index contributed by atoms with van der Waals surface area (Å²) in [6.45, 7) is 2.00. The minimum Gasteiger partial charge on any atom is -0.466 e. The fourth-order valence-electron chi connectivity index (χ4n) is 1.55. The van der Waals surface area contributed by atoms with Crippen LogP contribution in [0.25, 0.3) is 0 Å². The summed E-state index contributed by atoms with van der Waals surface area (Å²) in [5.41, 5.74) is 0. The van der Waals surface area contributed by atoms with E-state index < -0.39 is 24.2 Å². The Balaban J connectivity index is 2.40. The highest BCUT2D eigenvalue weighted by molar-refractivity contribution is 5.72. The number of hydrogen-bond acceptors (Lipinski definition) is 2. The van der Waals surface area contributed by atoms with Gasteiger partial charge in [0.05, 0.1) is 12.5 Å². The molecular weight excluding hydrogens is 178 g/mol. The minimum atomic E-state index is -1.50. The Bertz CT molecular complexity index is 184. The van der Waals surface area contributed by atoms with E-state index in [-0.39, 0.29) is 12.8 Å². The molecule has 0 aromatic rings. The topological polar surface area (TPSA) is 26.3 Å². The summed E-state index contributed by atoms with van der Waals surface area (Å²) in [6.07, 6.45) is -2.39. The standard InChI is InChI=1S/C9H14F2O2/c1-2-13-9(12)6-3-4-7(10)8(11)5-6/h6-8H,2-5H2,1H3. The quantitative estimate of drug-likeness (QED) is 0.626. The van der Waals surface area contributed by atoms with Gasteiger partial charge in [-0.05, 0) is 26.2 Å². The molecule has 2 nitrogen and oxygen atoms in total. The summed E-state index contributed by atoms with van der Waals surface area (Å²) in [5.74, 6) is -0.834. The van der Waals surface area contributed by atoms with Gasteiger partial charge in [0.2, 0.25) is 0 Å². The van der Waals surface area contributed by atoms with Gasteiger partial charge in [-0.1, -0.05) is 0 Å². The summed E-state index contributed by atoms with van der Waals surface area (Å²) in [4.78, 5) is 11.1. The van der Waals surface area contributed by atoms with Crippen LogP contribution in [0.3, 0.4) is 0 Å². The lowest BCUT2D eigenvalue weighted by Gasteiger charge is -2.25. The van der Waals surface area contributed by atoms with Crippen molar-refractivity contribution in [2.75, 3.05) is 6.61 Å². The molecule has 1 aliphatic carbocycles. The van der Waals surface area contributed by atoms with Crippen LogP contribution >= 0.6 is 0 Å². The fraction of sp³-hybridized carbons (Fsp3) is 0.889. The maximum Gasteiger partial charge on any atom is 0.309 e. The average molecular weight is 192 g/mol. The monoisotopic (exact) mass is 192 g/mol. The van der Waals surface area contributed by atoms with Gasteiger partial charge < -0.3 is 4.74 Å². The van der Waals surface area contributed by atoms with Crippen LogP contribution < -0.4 is 0 Å². The van der Waals surface area contributed by atoms with E-state index in [0.29, 0.717) is 13.0 Å². The summed E-state index contributed by atoms with van der Waals surface area (Å²) in [5, 5.41) is 0. The van der Waals surface area contributed by atoms with Gasteiger partial charge in [0.15, 0.2) is 0 Å². The van der Waals surface area contributed by atoms with E-state index in [1.807, 2.05) is 0 Å². The Labute approximate surface area is 76.3 Å². The van der Waals surface area contributed by atoms with Crippen molar-refractivity contribution in [1.82, 2.24) is 0 Å². The second-order valence-corrected chi connectivity index (χ2v) is 3.29. The number of carbonyl (C=O) groups is 1. The molecule has 0 bridgehead atoms. The fourth-order valence-corrected chi connectivity index (χ4v) is 1.55. The van der Waals surface area contributed by atoms with Crippen LogP contribution in [0.2, 0.25) is 0 Å². The average Bonchev–Trinajstić information content (AvgIpc) is 2.10. The third-order valence-electron chi connectivity index (χ3n) is 2.31. The second-order valence-electron chi connectivity index (χ2n) is 3.29. The first kappa shape index (κ1) is 10.4. The number of hydrogen-bond donors (Lipinski definition) is 0. The number of alkyl halides is 2. The molecule has 1 saturated carbocycles. The Morgan fingerprint density at radius 2 is 2.08 bits per heavy atom. The van der Waals surface area contributed by atoms with Crippen molar-refractivity contribution < 1.29 is 18.3 Å². The largest absolute Gasteiger partial charge is 0.466 e. The molecule has 13 heavy (non-hydrogen) atoms. The van der Waals surface area contributed by atoms with Crippen molar-refractivity contribution in [3.8, 4) is 0 Å². The number of halogens is 2. The van der Waals surface area contributed by atoms with Crippen LogP contribution in [-0.4, -0.2) is 24.9 Å². The van der Waals surface area contributed by atoms with E-state index >= 15 is 0 Å². The molecule has 1 aliphatic rings. The molecule has 4 heteroatoms. The molecule has 0 radical (unpaired) electrons. The lowest BCUT2D eigenvalue weighted by molar-refractivity contribution is -0.150. The molecule has 0 saturated heterocycles. The predicted molar refractivity (Wildman–Crippen MR) is 43.8 cm³/mol. The summed E-state index contributed by atoms with van der Waals surface area (Å²) < 4.78 is 30.3. The smallest absolute Gasteiger partial charge is 0.309 e. The highest BCUT2D eigenvalue weighted by Crippen LogP contribution is 2.29. The summed E-state index contributed by atoms with van der Waals surface area (Å²) >= 11 is 0. The molecule has 0 N–H and O–H groups in total. The molecule has 1 fully saturated rings. The Morgan fingerprint density at radius 3 is 2.62 bits per heavy atom. The lowest BCUT2D eigenvalue weighted by atomic mass is 9.87. The van der Waals surface area contributed by atoms with Crippen molar-refractivity contribution in [2.24, 2.45) is 5.92 Å². The van der Waals surface area contributed by atoms with Crippen LogP contribution in [-0.2, 0) is 9.53 Å². The van der Waals surface area contributed by atoms with Crippen LogP contribution in [0.1, 0.15) is 26.2 Å². The van der Waals surface area contributed by atoms with E-state index in [4.69, 9.17) is 4.74 Å². The van der Waals surface area contributed by atoms with Crippen molar-refractivity contribution in [3.63, 3.8) is 0 Å². The molecule has 0 spiro atoms. The molecule has 0 aromatic heterocycles. The first-order chi connectivity index (χ1) is 6.15. The zero-order valence-electron chi connectivity index (χ0n) is 7.63. The zero-order valence-corrected chi connectivity index (χ0v) is 7.63. The maximum absolute atomic E-state index is 12.8. The van der Waals surface area contributed by atoms with E-state index in [1.54, 1.807) is 6.92 Å². The van der Waals surface area contributed by atoms with Gasteiger partial charge >= 0.3 is 5.97 Å². The van der Waals surface area contributed by atoms with Gasteiger partial charge in [-0.2, -0.15) is 0 Å². The Morgan fingerprint density at radius 1 is 1.38 bits per heavy atom. The third kappa shape index (κ3) is 2.64. The van der Waals surface area contributed by atoms with Crippen LogP contribution in [0.15, 0.2) is 0 Å². The van der Waals surface area contributed by atoms with E-state index in [9.17, 15) is 13.6 Å². The first-order valence-corrected chi connectivity index (χ1v) is 4.60. The third-order valence-corrected chi connectivity index (χ3v) is 2.31. The minimum absolute atomic E-state index is 0.0278. The van der Waals surface area contributed by atoms with Gasteiger partial charge in [0.25, 0.3) is 0 Å². The van der Waals surface area contributed by atoms with Crippen LogP contribution in [0, 0.1) is 5.92 Å². The maximum atomic E-state index is 12.8. The molecular formula is C9H14F2O2. The molecule has 3 atom stereocenters. The number of esters is 1. The van der Waals surface area contributed by atoms with Crippen molar-refractivity contribution in [1.29, 1.82) is 0 Å². The highest BCUT2D eigenvalue weighted by Gasteiger charge is 2.34. The van der Waals surface area contributed by atoms with Crippen molar-refractivity contribution in [3.05, 3.63) is 0 Å². The summed E-state index contributed by atoms with van der Waals surface area (Å²) in [6, 6.07) is 0. The van der Waals surface area contributed by atoms with Crippen LogP contribution in [0.5, 0.6) is 0 Å². The predicted octanol–water partition coefficient (Wildman–Crippen LogP) is 2.03. The molecule has 0 amide bonds. The molecule has 1 rings (SSSR count). The van der Waals surface area contributed by atoms with Crippen molar-refractivity contribution in [2.45, 2.75) is 38.5 Å². The molecule has 3 unspecified atom stereocenters. The SMILES string of the molecule is CCOC(=O)C1CCC(F)C(F)C1. The lowest BCUT2D eigenvalue weighted by Crippen LogP contribution is -2.32. The van der Waals surface area contributed by atoms with Crippen LogP contribution in [0.4, 0.5) is 8.78 Å². The van der Waals surface area contributed by atoms with Gasteiger partial charge in [-0.25, -0.2) is 8.78 Å². The molecule has 0 aromatic carbocycles. The van der Waals surface area contributed by atoms with Gasteiger partial charge in [-0.3, -0.25) is 4.79 Å². The van der Waals surface area contributed by atoms with Gasteiger partial charge in [0.1, 0.15) is 12.3 Å². The number of carbonyl (C=O) groups excluding carboxylic acids is 1. The highest BCUT2D eigenvalue weighted by atomic mass is 19.2.